The van der Waals surface area contributed by atoms with Crippen molar-refractivity contribution in [2.75, 3.05) is 5.32 Å². The molecule has 38 heavy (non-hydrogen) atoms. The largest absolute Gasteiger partial charge is 0.476 e. The maximum Gasteiger partial charge on any atom is 0.356 e. The van der Waals surface area contributed by atoms with Gasteiger partial charge in [-0.15, -0.1) is 0 Å². The number of amides is 1. The normalized spacial score (nSPS) is 15.9. The smallest absolute Gasteiger partial charge is 0.356 e. The Balaban J connectivity index is 1.55. The van der Waals surface area contributed by atoms with Crippen LogP contribution in [0.5, 0.6) is 11.6 Å². The molecule has 0 unspecified atom stereocenters. The molecule has 1 aromatic heterocycles. The summed E-state index contributed by atoms with van der Waals surface area (Å²) in [4.78, 5) is 24.3. The molecule has 12 heteroatoms. The first-order chi connectivity index (χ1) is 18.1. The number of halogens is 1. The molecular formula is C26H27FN4O6S. The quantitative estimate of drug-likeness (QED) is 0.365. The number of hydrogen-bond donors (Lipinski definition) is 3. The Hall–Kier alpha value is -3.77. The van der Waals surface area contributed by atoms with E-state index in [9.17, 15) is 27.5 Å². The average molecular weight is 543 g/mol. The minimum atomic E-state index is -4.05. The molecule has 1 heterocycles. The predicted molar refractivity (Wildman–Crippen MR) is 136 cm³/mol. The van der Waals surface area contributed by atoms with Crippen LogP contribution in [0, 0.1) is 18.7 Å². The Morgan fingerprint density at radius 2 is 1.76 bits per heavy atom. The van der Waals surface area contributed by atoms with Gasteiger partial charge in [0.1, 0.15) is 16.5 Å². The third-order valence-electron chi connectivity index (χ3n) is 6.67. The van der Waals surface area contributed by atoms with Crippen LogP contribution in [0.15, 0.2) is 47.4 Å². The number of aromatic carboxylic acids is 1. The Kier molecular flexibility index (Phi) is 6.93. The topological polar surface area (TPSA) is 140 Å². The molecule has 200 valence electrons. The molecule has 0 aliphatic heterocycles. The van der Waals surface area contributed by atoms with E-state index in [-0.39, 0.29) is 45.6 Å². The van der Waals surface area contributed by atoms with Crippen LogP contribution in [0.1, 0.15) is 54.6 Å². The van der Waals surface area contributed by atoms with Crippen molar-refractivity contribution in [3.8, 4) is 17.3 Å². The van der Waals surface area contributed by atoms with Crippen molar-refractivity contribution in [1.82, 2.24) is 14.5 Å². The van der Waals surface area contributed by atoms with Gasteiger partial charge in [-0.1, -0.05) is 12.8 Å². The van der Waals surface area contributed by atoms with Gasteiger partial charge in [-0.05, 0) is 75.1 Å². The fourth-order valence-corrected chi connectivity index (χ4v) is 5.92. The molecule has 3 aromatic rings. The van der Waals surface area contributed by atoms with Crippen LogP contribution in [0.2, 0.25) is 0 Å². The van der Waals surface area contributed by atoms with Gasteiger partial charge < -0.3 is 15.2 Å². The Bertz CT molecular complexity index is 1490. The highest BCUT2D eigenvalue weighted by atomic mass is 32.2. The highest BCUT2D eigenvalue weighted by Crippen LogP contribution is 2.36. The van der Waals surface area contributed by atoms with E-state index in [1.807, 2.05) is 0 Å². The number of carboxylic acid groups (broad SMARTS) is 1. The van der Waals surface area contributed by atoms with Gasteiger partial charge in [0.2, 0.25) is 21.8 Å². The summed E-state index contributed by atoms with van der Waals surface area (Å²) in [5.74, 6) is -2.20. The number of hydrogen-bond acceptors (Lipinski definition) is 6. The summed E-state index contributed by atoms with van der Waals surface area (Å²) in [5.41, 5.74) is 0.475. The number of nitrogens with zero attached hydrogens (tertiary/aromatic N) is 2. The first-order valence-electron chi connectivity index (χ1n) is 12.4. The molecule has 0 atom stereocenters. The van der Waals surface area contributed by atoms with Crippen LogP contribution in [0.3, 0.4) is 0 Å². The fourth-order valence-electron chi connectivity index (χ4n) is 4.46. The molecule has 10 nitrogen and oxygen atoms in total. The van der Waals surface area contributed by atoms with Gasteiger partial charge in [0.15, 0.2) is 5.69 Å². The number of carboxylic acids is 1. The van der Waals surface area contributed by atoms with Crippen molar-refractivity contribution >= 4 is 27.6 Å². The van der Waals surface area contributed by atoms with Gasteiger partial charge in [-0.3, -0.25) is 4.79 Å². The van der Waals surface area contributed by atoms with E-state index in [0.717, 1.165) is 25.7 Å². The van der Waals surface area contributed by atoms with E-state index in [1.165, 1.54) is 54.1 Å². The van der Waals surface area contributed by atoms with Crippen LogP contribution >= 0.6 is 0 Å². The second kappa shape index (κ2) is 10.2. The van der Waals surface area contributed by atoms with Gasteiger partial charge in [0.05, 0.1) is 5.69 Å². The van der Waals surface area contributed by atoms with E-state index < -0.39 is 21.8 Å². The minimum Gasteiger partial charge on any atom is -0.476 e. The molecule has 2 aromatic carbocycles. The third-order valence-corrected chi connectivity index (χ3v) is 8.22. The molecule has 0 radical (unpaired) electrons. The number of carbonyl (C=O) groups is 2. The van der Waals surface area contributed by atoms with Crippen LogP contribution in [-0.4, -0.2) is 41.2 Å². The molecule has 5 rings (SSSR count). The van der Waals surface area contributed by atoms with Gasteiger partial charge in [0.25, 0.3) is 0 Å². The highest BCUT2D eigenvalue weighted by Gasteiger charge is 2.32. The van der Waals surface area contributed by atoms with Gasteiger partial charge in [0, 0.05) is 23.2 Å². The van der Waals surface area contributed by atoms with Crippen LogP contribution in [-0.2, 0) is 14.8 Å². The zero-order valence-corrected chi connectivity index (χ0v) is 21.4. The van der Waals surface area contributed by atoms with Gasteiger partial charge in [-0.2, -0.15) is 9.78 Å². The molecule has 2 saturated carbocycles. The molecule has 0 spiro atoms. The zero-order chi connectivity index (χ0) is 27.0. The molecule has 2 aliphatic carbocycles. The highest BCUT2D eigenvalue weighted by molar-refractivity contribution is 7.89. The van der Waals surface area contributed by atoms with Crippen molar-refractivity contribution in [2.24, 2.45) is 5.92 Å². The average Bonchev–Trinajstić information content (AvgIpc) is 3.37. The summed E-state index contributed by atoms with van der Waals surface area (Å²) < 4.78 is 50.0. The maximum absolute atomic E-state index is 13.5. The summed E-state index contributed by atoms with van der Waals surface area (Å²) in [7, 11) is -4.05. The Morgan fingerprint density at radius 3 is 2.39 bits per heavy atom. The summed E-state index contributed by atoms with van der Waals surface area (Å²) in [6.07, 6.45) is 4.97. The predicted octanol–water partition coefficient (Wildman–Crippen LogP) is 4.38. The lowest BCUT2D eigenvalue weighted by atomic mass is 10.1. The van der Waals surface area contributed by atoms with Crippen molar-refractivity contribution in [2.45, 2.75) is 56.4 Å². The van der Waals surface area contributed by atoms with E-state index >= 15 is 0 Å². The molecule has 1 amide bonds. The van der Waals surface area contributed by atoms with Crippen molar-refractivity contribution in [1.29, 1.82) is 0 Å². The number of aromatic nitrogens is 2. The lowest BCUT2D eigenvalue weighted by Crippen LogP contribution is -2.26. The summed E-state index contributed by atoms with van der Waals surface area (Å²) in [6, 6.07) is 9.26. The molecule has 0 bridgehead atoms. The van der Waals surface area contributed by atoms with E-state index in [2.05, 4.69) is 15.1 Å². The summed E-state index contributed by atoms with van der Waals surface area (Å²) >= 11 is 0. The second-order valence-corrected chi connectivity index (χ2v) is 11.3. The van der Waals surface area contributed by atoms with Gasteiger partial charge >= 0.3 is 5.97 Å². The van der Waals surface area contributed by atoms with E-state index in [0.29, 0.717) is 24.2 Å². The summed E-state index contributed by atoms with van der Waals surface area (Å²) in [6.45, 7) is 1.48. The fraction of sp³-hybridized carbons (Fsp3) is 0.346. The summed E-state index contributed by atoms with van der Waals surface area (Å²) in [5, 5.41) is 16.5. The molecule has 2 aliphatic rings. The SMILES string of the molecule is Cc1c(C(=O)O)nn(-c2ccc(F)cc2)c1Oc1ccc(NC(=O)C2CCCC2)cc1S(=O)(=O)NC1CC1. The standard InChI is InChI=1S/C26H27FN4O6S/c1-15-23(26(33)34)29-31(20-11-6-17(27)7-12-20)25(15)37-21-13-10-19(28-24(32)16-4-2-3-5-16)14-22(21)38(35,36)30-18-8-9-18/h6-7,10-14,16,18,30H,2-5,8-9H2,1H3,(H,28,32)(H,33,34). The Labute approximate surface area is 218 Å². The van der Waals surface area contributed by atoms with Crippen molar-refractivity contribution < 1.29 is 32.2 Å². The van der Waals surface area contributed by atoms with Crippen LogP contribution in [0.4, 0.5) is 10.1 Å². The maximum atomic E-state index is 13.5. The number of benzene rings is 2. The Morgan fingerprint density at radius 1 is 1.08 bits per heavy atom. The number of ether oxygens (including phenoxy) is 1. The minimum absolute atomic E-state index is 0.0420. The van der Waals surface area contributed by atoms with E-state index in [4.69, 9.17) is 4.74 Å². The van der Waals surface area contributed by atoms with Gasteiger partial charge in [-0.25, -0.2) is 22.3 Å². The lowest BCUT2D eigenvalue weighted by molar-refractivity contribution is -0.119. The number of rotatable bonds is 9. The number of anilines is 1. The molecule has 0 saturated heterocycles. The monoisotopic (exact) mass is 542 g/mol. The third kappa shape index (κ3) is 5.41. The van der Waals surface area contributed by atoms with Crippen LogP contribution < -0.4 is 14.8 Å². The molecule has 3 N–H and O–H groups in total. The van der Waals surface area contributed by atoms with E-state index in [1.54, 1.807) is 0 Å². The molecular weight excluding hydrogens is 515 g/mol. The number of carbonyl (C=O) groups excluding carboxylic acids is 1. The van der Waals surface area contributed by atoms with Crippen LogP contribution in [0.25, 0.3) is 5.69 Å². The first kappa shape index (κ1) is 25.9. The number of nitrogens with one attached hydrogen (secondary N) is 2. The zero-order valence-electron chi connectivity index (χ0n) is 20.6. The second-order valence-electron chi connectivity index (χ2n) is 9.60. The van der Waals surface area contributed by atoms with Crippen molar-refractivity contribution in [3.63, 3.8) is 0 Å². The number of sulfonamides is 1. The van der Waals surface area contributed by atoms with Crippen molar-refractivity contribution in [3.05, 3.63) is 59.5 Å². The molecule has 2 fully saturated rings. The lowest BCUT2D eigenvalue weighted by Gasteiger charge is -2.16. The first-order valence-corrected chi connectivity index (χ1v) is 13.8.